The molecule has 0 spiro atoms. The van der Waals surface area contributed by atoms with Gasteiger partial charge < -0.3 is 15.2 Å². The molecule has 5 nitrogen and oxygen atoms in total. The van der Waals surface area contributed by atoms with Crippen molar-refractivity contribution in [3.05, 3.63) is 24.0 Å². The minimum Gasteiger partial charge on any atom is -0.496 e. The Morgan fingerprint density at radius 1 is 1.17 bits per heavy atom. The highest BCUT2D eigenvalue weighted by atomic mass is 19.1. The summed E-state index contributed by atoms with van der Waals surface area (Å²) in [4.78, 5) is 0. The molecule has 2 N–H and O–H groups in total. The Balaban J connectivity index is 2.61. The summed E-state index contributed by atoms with van der Waals surface area (Å²) in [6.07, 6.45) is 0. The number of rotatable bonds is 3. The SMILES string of the molecule is COc1cc(-c2cc(N)n(C)n2)c(OC)cc1F. The first-order chi connectivity index (χ1) is 8.56. The number of halogens is 1. The van der Waals surface area contributed by atoms with Crippen molar-refractivity contribution in [3.8, 4) is 22.8 Å². The van der Waals surface area contributed by atoms with E-state index in [0.717, 1.165) is 0 Å². The van der Waals surface area contributed by atoms with E-state index in [1.165, 1.54) is 31.0 Å². The number of aromatic nitrogens is 2. The summed E-state index contributed by atoms with van der Waals surface area (Å²) >= 11 is 0. The molecule has 0 saturated carbocycles. The number of nitrogens with two attached hydrogens (primary N) is 1. The van der Waals surface area contributed by atoms with E-state index in [0.29, 0.717) is 22.8 Å². The van der Waals surface area contributed by atoms with Crippen molar-refractivity contribution in [2.75, 3.05) is 20.0 Å². The molecule has 96 valence electrons. The van der Waals surface area contributed by atoms with Gasteiger partial charge in [0.1, 0.15) is 11.6 Å². The number of methoxy groups -OCH3 is 2. The number of hydrogen-bond acceptors (Lipinski definition) is 4. The van der Waals surface area contributed by atoms with E-state index in [4.69, 9.17) is 15.2 Å². The van der Waals surface area contributed by atoms with Gasteiger partial charge in [-0.2, -0.15) is 5.10 Å². The van der Waals surface area contributed by atoms with Gasteiger partial charge in [0.2, 0.25) is 0 Å². The van der Waals surface area contributed by atoms with Gasteiger partial charge in [0.15, 0.2) is 11.6 Å². The summed E-state index contributed by atoms with van der Waals surface area (Å²) in [6.45, 7) is 0. The summed E-state index contributed by atoms with van der Waals surface area (Å²) < 4.78 is 25.2. The lowest BCUT2D eigenvalue weighted by Crippen LogP contribution is -1.97. The van der Waals surface area contributed by atoms with Crippen molar-refractivity contribution in [2.24, 2.45) is 7.05 Å². The van der Waals surface area contributed by atoms with Gasteiger partial charge in [0.05, 0.1) is 19.9 Å². The predicted molar refractivity (Wildman–Crippen MR) is 66.1 cm³/mol. The Kier molecular flexibility index (Phi) is 3.10. The van der Waals surface area contributed by atoms with Gasteiger partial charge in [0, 0.05) is 24.7 Å². The molecule has 0 aliphatic heterocycles. The van der Waals surface area contributed by atoms with Crippen LogP contribution in [0.5, 0.6) is 11.5 Å². The first kappa shape index (κ1) is 12.2. The van der Waals surface area contributed by atoms with Crippen LogP contribution in [0.25, 0.3) is 11.3 Å². The Morgan fingerprint density at radius 3 is 2.33 bits per heavy atom. The zero-order chi connectivity index (χ0) is 13.3. The zero-order valence-electron chi connectivity index (χ0n) is 10.4. The predicted octanol–water partition coefficient (Wildman–Crippen LogP) is 1.83. The van der Waals surface area contributed by atoms with Crippen molar-refractivity contribution in [2.45, 2.75) is 0 Å². The molecule has 1 heterocycles. The van der Waals surface area contributed by atoms with Crippen LogP contribution < -0.4 is 15.2 Å². The molecule has 0 fully saturated rings. The summed E-state index contributed by atoms with van der Waals surface area (Å²) in [6, 6.07) is 4.49. The third-order valence-corrected chi connectivity index (χ3v) is 2.67. The second-order valence-electron chi connectivity index (χ2n) is 3.77. The van der Waals surface area contributed by atoms with Gasteiger partial charge in [-0.1, -0.05) is 0 Å². The van der Waals surface area contributed by atoms with Crippen LogP contribution in [0.3, 0.4) is 0 Å². The first-order valence-electron chi connectivity index (χ1n) is 5.28. The fourth-order valence-corrected chi connectivity index (χ4v) is 1.67. The number of anilines is 1. The second kappa shape index (κ2) is 4.56. The van der Waals surface area contributed by atoms with Gasteiger partial charge in [-0.15, -0.1) is 0 Å². The smallest absolute Gasteiger partial charge is 0.168 e. The monoisotopic (exact) mass is 251 g/mol. The number of benzene rings is 1. The number of ether oxygens (including phenoxy) is 2. The average molecular weight is 251 g/mol. The molecule has 6 heteroatoms. The van der Waals surface area contributed by atoms with E-state index < -0.39 is 5.82 Å². The Bertz CT molecular complexity index is 561. The molecule has 2 rings (SSSR count). The molecule has 0 bridgehead atoms. The van der Waals surface area contributed by atoms with Crippen LogP contribution in [0, 0.1) is 5.82 Å². The molecule has 2 aromatic rings. The van der Waals surface area contributed by atoms with Gasteiger partial charge in [0.25, 0.3) is 0 Å². The lowest BCUT2D eigenvalue weighted by atomic mass is 10.1. The maximum atomic E-state index is 13.6. The van der Waals surface area contributed by atoms with Crippen molar-refractivity contribution in [1.82, 2.24) is 9.78 Å². The zero-order valence-corrected chi connectivity index (χ0v) is 10.4. The fourth-order valence-electron chi connectivity index (χ4n) is 1.67. The van der Waals surface area contributed by atoms with Gasteiger partial charge in [-0.3, -0.25) is 4.68 Å². The van der Waals surface area contributed by atoms with Crippen LogP contribution in [0.4, 0.5) is 10.2 Å². The average Bonchev–Trinajstić information content (AvgIpc) is 2.69. The Hall–Kier alpha value is -2.24. The quantitative estimate of drug-likeness (QED) is 0.903. The fraction of sp³-hybridized carbons (Fsp3) is 0.250. The molecular weight excluding hydrogens is 237 g/mol. The van der Waals surface area contributed by atoms with Gasteiger partial charge >= 0.3 is 0 Å². The standard InChI is InChI=1S/C12H14FN3O2/c1-16-12(14)6-9(15-16)7-4-11(18-3)8(13)5-10(7)17-2/h4-6H,14H2,1-3H3. The van der Waals surface area contributed by atoms with Crippen molar-refractivity contribution < 1.29 is 13.9 Å². The largest absolute Gasteiger partial charge is 0.496 e. The third-order valence-electron chi connectivity index (χ3n) is 2.67. The normalized spacial score (nSPS) is 10.4. The van der Waals surface area contributed by atoms with Crippen molar-refractivity contribution in [1.29, 1.82) is 0 Å². The first-order valence-corrected chi connectivity index (χ1v) is 5.28. The summed E-state index contributed by atoms with van der Waals surface area (Å²) in [5.74, 6) is 0.541. The molecular formula is C12H14FN3O2. The second-order valence-corrected chi connectivity index (χ2v) is 3.77. The number of nitrogens with zero attached hydrogens (tertiary/aromatic N) is 2. The Morgan fingerprint density at radius 2 is 1.83 bits per heavy atom. The maximum Gasteiger partial charge on any atom is 0.168 e. The minimum absolute atomic E-state index is 0.134. The summed E-state index contributed by atoms with van der Waals surface area (Å²) in [7, 11) is 4.60. The summed E-state index contributed by atoms with van der Waals surface area (Å²) in [5.41, 5.74) is 6.95. The van der Waals surface area contributed by atoms with Crippen LogP contribution in [-0.2, 0) is 7.05 Å². The molecule has 1 aromatic heterocycles. The molecule has 0 unspecified atom stereocenters. The van der Waals surface area contributed by atoms with E-state index in [2.05, 4.69) is 5.10 Å². The lowest BCUT2D eigenvalue weighted by Gasteiger charge is -2.09. The van der Waals surface area contributed by atoms with Crippen LogP contribution in [0.2, 0.25) is 0 Å². The molecule has 0 aliphatic rings. The van der Waals surface area contributed by atoms with Crippen molar-refractivity contribution >= 4 is 5.82 Å². The van der Waals surface area contributed by atoms with Gasteiger partial charge in [-0.25, -0.2) is 4.39 Å². The molecule has 18 heavy (non-hydrogen) atoms. The van der Waals surface area contributed by atoms with Crippen molar-refractivity contribution in [3.63, 3.8) is 0 Å². The molecule has 0 radical (unpaired) electrons. The van der Waals surface area contributed by atoms with E-state index in [1.807, 2.05) is 0 Å². The summed E-state index contributed by atoms with van der Waals surface area (Å²) in [5, 5.41) is 4.23. The lowest BCUT2D eigenvalue weighted by molar-refractivity contribution is 0.378. The maximum absolute atomic E-state index is 13.6. The van der Waals surface area contributed by atoms with Crippen LogP contribution in [0.15, 0.2) is 18.2 Å². The van der Waals surface area contributed by atoms with Crippen LogP contribution in [0.1, 0.15) is 0 Å². The molecule has 0 aliphatic carbocycles. The molecule has 0 atom stereocenters. The number of hydrogen-bond donors (Lipinski definition) is 1. The topological polar surface area (TPSA) is 62.3 Å². The van der Waals surface area contributed by atoms with E-state index in [9.17, 15) is 4.39 Å². The van der Waals surface area contributed by atoms with E-state index in [-0.39, 0.29) is 5.75 Å². The van der Waals surface area contributed by atoms with E-state index >= 15 is 0 Å². The van der Waals surface area contributed by atoms with E-state index in [1.54, 1.807) is 13.1 Å². The number of aryl methyl sites for hydroxylation is 1. The molecule has 0 amide bonds. The Labute approximate surface area is 104 Å². The molecule has 0 saturated heterocycles. The van der Waals surface area contributed by atoms with Crippen LogP contribution >= 0.6 is 0 Å². The van der Waals surface area contributed by atoms with Gasteiger partial charge in [-0.05, 0) is 6.07 Å². The number of nitrogen functional groups attached to an aromatic ring is 1. The minimum atomic E-state index is -0.484. The highest BCUT2D eigenvalue weighted by molar-refractivity contribution is 5.71. The molecule has 1 aromatic carbocycles. The highest BCUT2D eigenvalue weighted by Gasteiger charge is 2.15. The third kappa shape index (κ3) is 1.97. The van der Waals surface area contributed by atoms with Crippen LogP contribution in [-0.4, -0.2) is 24.0 Å². The highest BCUT2D eigenvalue weighted by Crippen LogP contribution is 2.35.